The number of carbonyl (C=O) groups is 1. The van der Waals surface area contributed by atoms with Gasteiger partial charge in [-0.1, -0.05) is 36.4 Å². The lowest BCUT2D eigenvalue weighted by molar-refractivity contribution is -0.128. The summed E-state index contributed by atoms with van der Waals surface area (Å²) in [7, 11) is 3.68. The van der Waals surface area contributed by atoms with Gasteiger partial charge in [-0.15, -0.1) is 11.8 Å². The van der Waals surface area contributed by atoms with Gasteiger partial charge in [0.05, 0.1) is 11.3 Å². The van der Waals surface area contributed by atoms with Gasteiger partial charge in [0.25, 0.3) is 0 Å². The van der Waals surface area contributed by atoms with E-state index in [0.29, 0.717) is 0 Å². The molecule has 3 nitrogen and oxygen atoms in total. The quantitative estimate of drug-likeness (QED) is 0.875. The van der Waals surface area contributed by atoms with Crippen LogP contribution in [-0.2, 0) is 4.79 Å². The van der Waals surface area contributed by atoms with Crippen molar-refractivity contribution in [3.8, 4) is 0 Å². The molecule has 0 radical (unpaired) electrons. The Hall–Kier alpha value is -1.94. The van der Waals surface area contributed by atoms with E-state index in [0.717, 1.165) is 5.69 Å². The zero-order chi connectivity index (χ0) is 15.3. The monoisotopic (exact) mass is 310 g/mol. The summed E-state index contributed by atoms with van der Waals surface area (Å²) < 4.78 is 0. The van der Waals surface area contributed by atoms with Crippen LogP contribution in [0.3, 0.4) is 0 Å². The van der Waals surface area contributed by atoms with Crippen LogP contribution in [-0.4, -0.2) is 30.2 Å². The molecule has 2 aliphatic heterocycles. The minimum Gasteiger partial charge on any atom is -0.377 e. The molecule has 0 fully saturated rings. The van der Waals surface area contributed by atoms with Crippen molar-refractivity contribution in [1.29, 1.82) is 0 Å². The van der Waals surface area contributed by atoms with E-state index in [-0.39, 0.29) is 23.1 Å². The SMILES string of the molecule is CN(C)C(=O)C1Sc2ccccc2C2Nc3ccccc3C12. The van der Waals surface area contributed by atoms with Gasteiger partial charge in [0.1, 0.15) is 0 Å². The minimum atomic E-state index is -0.0777. The highest BCUT2D eigenvalue weighted by atomic mass is 32.2. The first-order valence-corrected chi connectivity index (χ1v) is 8.37. The maximum atomic E-state index is 12.7. The minimum absolute atomic E-state index is 0.0777. The second-order valence-corrected chi connectivity index (χ2v) is 7.23. The van der Waals surface area contributed by atoms with Gasteiger partial charge in [0, 0.05) is 30.6 Å². The molecule has 2 aromatic rings. The van der Waals surface area contributed by atoms with E-state index in [2.05, 4.69) is 41.7 Å². The number of para-hydroxylation sites is 1. The number of fused-ring (bicyclic) bond motifs is 5. The van der Waals surface area contributed by atoms with E-state index >= 15 is 0 Å². The van der Waals surface area contributed by atoms with Crippen molar-refractivity contribution >= 4 is 23.4 Å². The molecule has 0 spiro atoms. The van der Waals surface area contributed by atoms with E-state index in [4.69, 9.17) is 0 Å². The summed E-state index contributed by atoms with van der Waals surface area (Å²) in [6, 6.07) is 17.0. The number of amides is 1. The van der Waals surface area contributed by atoms with Crippen molar-refractivity contribution in [3.05, 3.63) is 59.7 Å². The largest absolute Gasteiger partial charge is 0.377 e. The molecule has 2 aromatic carbocycles. The highest BCUT2D eigenvalue weighted by Gasteiger charge is 2.46. The second kappa shape index (κ2) is 5.06. The number of carbonyl (C=O) groups excluding carboxylic acids is 1. The fourth-order valence-electron chi connectivity index (χ4n) is 3.48. The maximum absolute atomic E-state index is 12.7. The smallest absolute Gasteiger partial charge is 0.236 e. The van der Waals surface area contributed by atoms with E-state index in [1.165, 1.54) is 16.0 Å². The van der Waals surface area contributed by atoms with Gasteiger partial charge in [0.2, 0.25) is 5.91 Å². The number of benzene rings is 2. The molecule has 0 saturated heterocycles. The zero-order valence-electron chi connectivity index (χ0n) is 12.6. The molecule has 2 heterocycles. The summed E-state index contributed by atoms with van der Waals surface area (Å²) >= 11 is 1.70. The summed E-state index contributed by atoms with van der Waals surface area (Å²) in [5.74, 6) is 0.374. The lowest BCUT2D eigenvalue weighted by Gasteiger charge is -2.35. The number of rotatable bonds is 1. The summed E-state index contributed by atoms with van der Waals surface area (Å²) in [6.45, 7) is 0. The van der Waals surface area contributed by atoms with Crippen LogP contribution in [0.2, 0.25) is 0 Å². The van der Waals surface area contributed by atoms with E-state index < -0.39 is 0 Å². The number of thioether (sulfide) groups is 1. The van der Waals surface area contributed by atoms with Gasteiger partial charge in [-0.05, 0) is 23.3 Å². The van der Waals surface area contributed by atoms with Crippen LogP contribution in [0.15, 0.2) is 53.4 Å². The van der Waals surface area contributed by atoms with Gasteiger partial charge in [-0.2, -0.15) is 0 Å². The number of hydrogen-bond donors (Lipinski definition) is 1. The highest BCUT2D eigenvalue weighted by molar-refractivity contribution is 8.00. The molecule has 0 saturated carbocycles. The lowest BCUT2D eigenvalue weighted by Crippen LogP contribution is -2.39. The number of hydrogen-bond acceptors (Lipinski definition) is 3. The Balaban J connectivity index is 1.86. The van der Waals surface area contributed by atoms with Crippen LogP contribution < -0.4 is 5.32 Å². The Morgan fingerprint density at radius 1 is 1.05 bits per heavy atom. The number of anilines is 1. The average Bonchev–Trinajstić information content (AvgIpc) is 2.93. The number of nitrogens with zero attached hydrogens (tertiary/aromatic N) is 1. The Morgan fingerprint density at radius 2 is 1.73 bits per heavy atom. The van der Waals surface area contributed by atoms with Gasteiger partial charge in [-0.3, -0.25) is 4.79 Å². The van der Waals surface area contributed by atoms with E-state index in [1.54, 1.807) is 16.7 Å². The van der Waals surface area contributed by atoms with Gasteiger partial charge in [0.15, 0.2) is 0 Å². The van der Waals surface area contributed by atoms with Crippen molar-refractivity contribution in [1.82, 2.24) is 4.90 Å². The Bertz CT molecular complexity index is 743. The van der Waals surface area contributed by atoms with Crippen LogP contribution in [0.1, 0.15) is 23.1 Å². The van der Waals surface area contributed by atoms with Gasteiger partial charge < -0.3 is 10.2 Å². The van der Waals surface area contributed by atoms with E-state index in [1.807, 2.05) is 26.2 Å². The molecule has 1 N–H and O–H groups in total. The van der Waals surface area contributed by atoms with Crippen molar-refractivity contribution in [2.75, 3.05) is 19.4 Å². The fraction of sp³-hybridized carbons (Fsp3) is 0.278. The van der Waals surface area contributed by atoms with Crippen LogP contribution in [0, 0.1) is 0 Å². The molecule has 0 aromatic heterocycles. The fourth-order valence-corrected chi connectivity index (χ4v) is 5.00. The first-order chi connectivity index (χ1) is 10.7. The molecular weight excluding hydrogens is 292 g/mol. The Kier molecular flexibility index (Phi) is 3.15. The van der Waals surface area contributed by atoms with Gasteiger partial charge >= 0.3 is 0 Å². The first-order valence-electron chi connectivity index (χ1n) is 7.49. The van der Waals surface area contributed by atoms with Crippen LogP contribution in [0.4, 0.5) is 5.69 Å². The summed E-state index contributed by atoms with van der Waals surface area (Å²) in [5.41, 5.74) is 3.72. The molecule has 3 atom stereocenters. The van der Waals surface area contributed by atoms with Crippen molar-refractivity contribution in [3.63, 3.8) is 0 Å². The Labute approximate surface area is 134 Å². The predicted molar refractivity (Wildman–Crippen MR) is 90.3 cm³/mol. The van der Waals surface area contributed by atoms with Crippen LogP contribution in [0.5, 0.6) is 0 Å². The third kappa shape index (κ3) is 1.94. The predicted octanol–water partition coefficient (Wildman–Crippen LogP) is 3.50. The molecule has 0 aliphatic carbocycles. The number of nitrogens with one attached hydrogen (secondary N) is 1. The molecule has 1 amide bonds. The third-order valence-corrected chi connectivity index (χ3v) is 5.88. The normalized spacial score (nSPS) is 24.7. The van der Waals surface area contributed by atoms with Crippen molar-refractivity contribution in [2.24, 2.45) is 0 Å². The average molecular weight is 310 g/mol. The lowest BCUT2D eigenvalue weighted by atomic mass is 9.86. The molecule has 0 bridgehead atoms. The van der Waals surface area contributed by atoms with Crippen LogP contribution in [0.25, 0.3) is 0 Å². The molecular formula is C18H18N2OS. The van der Waals surface area contributed by atoms with Crippen molar-refractivity contribution < 1.29 is 4.79 Å². The maximum Gasteiger partial charge on any atom is 0.236 e. The van der Waals surface area contributed by atoms with Gasteiger partial charge in [-0.25, -0.2) is 0 Å². The van der Waals surface area contributed by atoms with E-state index in [9.17, 15) is 4.79 Å². The Morgan fingerprint density at radius 3 is 2.50 bits per heavy atom. The summed E-state index contributed by atoms with van der Waals surface area (Å²) in [5, 5.41) is 3.55. The second-order valence-electron chi connectivity index (χ2n) is 6.04. The third-order valence-electron chi connectivity index (χ3n) is 4.51. The standard InChI is InChI=1S/C18H18N2OS/c1-20(2)18(21)17-15-11-7-3-5-9-13(11)19-16(15)12-8-4-6-10-14(12)22-17/h3-10,15-17,19H,1-2H3. The topological polar surface area (TPSA) is 32.3 Å². The summed E-state index contributed by atoms with van der Waals surface area (Å²) in [4.78, 5) is 15.7. The molecule has 2 aliphatic rings. The molecule has 3 unspecified atom stereocenters. The zero-order valence-corrected chi connectivity index (χ0v) is 13.4. The van der Waals surface area contributed by atoms with Crippen molar-refractivity contribution in [2.45, 2.75) is 22.1 Å². The highest BCUT2D eigenvalue weighted by Crippen LogP contribution is 2.55. The first kappa shape index (κ1) is 13.7. The molecule has 4 rings (SSSR count). The molecule has 4 heteroatoms. The van der Waals surface area contributed by atoms with Crippen LogP contribution >= 0.6 is 11.8 Å². The molecule has 112 valence electrons. The summed E-state index contributed by atoms with van der Waals surface area (Å²) in [6.07, 6.45) is 0. The molecule has 22 heavy (non-hydrogen) atoms.